The van der Waals surface area contributed by atoms with E-state index < -0.39 is 0 Å². The lowest BCUT2D eigenvalue weighted by Crippen LogP contribution is -2.32. The van der Waals surface area contributed by atoms with Crippen LogP contribution in [0.5, 0.6) is 0 Å². The van der Waals surface area contributed by atoms with Gasteiger partial charge in [-0.25, -0.2) is 0 Å². The molecule has 0 radical (unpaired) electrons. The molecule has 472 valence electrons. The first-order valence-corrected chi connectivity index (χ1v) is 33.0. The second kappa shape index (κ2) is 43.0. The third-order valence-electron chi connectivity index (χ3n) is 19.0. The van der Waals surface area contributed by atoms with Gasteiger partial charge >= 0.3 is 0 Å². The summed E-state index contributed by atoms with van der Waals surface area (Å²) in [4.78, 5) is 82.8. The Hall–Kier alpha value is -3.71. The van der Waals surface area contributed by atoms with Gasteiger partial charge in [-0.05, 0) is 235 Å². The van der Waals surface area contributed by atoms with Crippen molar-refractivity contribution in [3.8, 4) is 0 Å². The van der Waals surface area contributed by atoms with E-state index >= 15 is 0 Å². The van der Waals surface area contributed by atoms with E-state index in [1.165, 1.54) is 89.9 Å². The fourth-order valence-electron chi connectivity index (χ4n) is 12.6. The summed E-state index contributed by atoms with van der Waals surface area (Å²) in [6.45, 7) is 21.4. The molecule has 7 rings (SSSR count). The SMILES string of the molecule is CC1CCC(C(=O)N(C)C)CC1.CC1CCC(C(=O)N(C)C)CC1.CCNC(=O)C1CCC(C)CC1.CCNC(=O)C1CCC(C)CC1.CNC(=O)C1CCC(C)CC1.CNC(=O)C1CCC(C)CC1.CNC(=O)C1CCC(C)CC1. The molecule has 7 amide bonds. The molecule has 0 bridgehead atoms. The molecule has 7 saturated carbocycles. The third-order valence-corrected chi connectivity index (χ3v) is 19.0. The maximum atomic E-state index is 11.5. The second-order valence-corrected chi connectivity index (χ2v) is 26.8. The molecule has 0 aromatic rings. The lowest BCUT2D eigenvalue weighted by atomic mass is 9.82. The minimum atomic E-state index is 0.233. The Balaban J connectivity index is 0.000000473. The summed E-state index contributed by atoms with van der Waals surface area (Å²) in [6.07, 6.45) is 32.4. The van der Waals surface area contributed by atoms with Crippen LogP contribution in [-0.2, 0) is 33.6 Å². The molecule has 7 fully saturated rings. The summed E-state index contributed by atoms with van der Waals surface area (Å²) >= 11 is 0. The van der Waals surface area contributed by atoms with Crippen LogP contribution < -0.4 is 26.6 Å². The Bertz CT molecular complexity index is 1570. The standard InChI is InChI=1S/4C10H19NO.3C9H17NO/c2*1-8-4-6-9(7-5-8)10(12)11(2)3;2*1-3-11-10(12)9-6-4-8(2)5-7-9;3*1-7-3-5-8(6-4-7)9(11)10-2/h2*8-9H,4-7H2,1-3H3;2*8-9H,3-7H2,1-2H3,(H,11,12);3*7-8H,3-6H2,1-2H3,(H,10,11). The molecule has 7 aliphatic rings. The lowest BCUT2D eigenvalue weighted by Gasteiger charge is -2.27. The number of nitrogens with one attached hydrogen (secondary N) is 5. The molecular formula is C67H127N7O7. The Morgan fingerprint density at radius 2 is 0.420 bits per heavy atom. The van der Waals surface area contributed by atoms with E-state index in [0.717, 1.165) is 144 Å². The predicted molar refractivity (Wildman–Crippen MR) is 335 cm³/mol. The number of carbonyl (C=O) groups excluding carboxylic acids is 7. The first kappa shape index (κ1) is 75.3. The number of hydrogen-bond acceptors (Lipinski definition) is 7. The molecule has 0 spiro atoms. The highest BCUT2D eigenvalue weighted by Crippen LogP contribution is 2.33. The fourth-order valence-corrected chi connectivity index (χ4v) is 12.6. The average Bonchev–Trinajstić information content (AvgIpc) is 3.47. The lowest BCUT2D eigenvalue weighted by molar-refractivity contribution is -0.134. The van der Waals surface area contributed by atoms with E-state index in [4.69, 9.17) is 0 Å². The van der Waals surface area contributed by atoms with E-state index in [2.05, 4.69) is 75.1 Å². The Morgan fingerprint density at radius 3 is 0.556 bits per heavy atom. The summed E-state index contributed by atoms with van der Waals surface area (Å²) in [6, 6.07) is 0. The van der Waals surface area contributed by atoms with Crippen LogP contribution in [0.2, 0.25) is 0 Å². The van der Waals surface area contributed by atoms with Crippen LogP contribution in [0.25, 0.3) is 0 Å². The summed E-state index contributed by atoms with van der Waals surface area (Å²) in [5, 5.41) is 13.9. The normalized spacial score (nSPS) is 30.5. The smallest absolute Gasteiger partial charge is 0.225 e. The summed E-state index contributed by atoms with van der Waals surface area (Å²) < 4.78 is 0. The average molecular weight is 1140 g/mol. The third kappa shape index (κ3) is 32.2. The highest BCUT2D eigenvalue weighted by atomic mass is 16.2. The maximum Gasteiger partial charge on any atom is 0.225 e. The highest BCUT2D eigenvalue weighted by molar-refractivity contribution is 5.81. The quantitative estimate of drug-likeness (QED) is 0.152. The molecule has 5 N–H and O–H groups in total. The van der Waals surface area contributed by atoms with Crippen LogP contribution in [0.1, 0.15) is 242 Å². The summed E-state index contributed by atoms with van der Waals surface area (Å²) in [5.41, 5.74) is 0. The number of carbonyl (C=O) groups is 7. The number of hydrogen-bond donors (Lipinski definition) is 5. The topological polar surface area (TPSA) is 186 Å². The Labute approximate surface area is 496 Å². The highest BCUT2D eigenvalue weighted by Gasteiger charge is 2.29. The van der Waals surface area contributed by atoms with Gasteiger partial charge in [-0.3, -0.25) is 33.6 Å². The molecule has 0 aliphatic heterocycles. The van der Waals surface area contributed by atoms with Crippen LogP contribution in [0.3, 0.4) is 0 Å². The van der Waals surface area contributed by atoms with Crippen molar-refractivity contribution in [3.05, 3.63) is 0 Å². The molecular weight excluding hydrogens is 1010 g/mol. The number of rotatable bonds is 9. The van der Waals surface area contributed by atoms with Gasteiger partial charge in [0, 0.05) is 104 Å². The van der Waals surface area contributed by atoms with Gasteiger partial charge in [0.25, 0.3) is 0 Å². The van der Waals surface area contributed by atoms with Gasteiger partial charge in [0.15, 0.2) is 0 Å². The number of nitrogens with zero attached hydrogens (tertiary/aromatic N) is 2. The van der Waals surface area contributed by atoms with E-state index in [1.54, 1.807) is 30.9 Å². The van der Waals surface area contributed by atoms with Crippen molar-refractivity contribution in [1.29, 1.82) is 0 Å². The number of amides is 7. The maximum absolute atomic E-state index is 11.5. The molecule has 0 aromatic heterocycles. The van der Waals surface area contributed by atoms with Crippen molar-refractivity contribution in [2.24, 2.45) is 82.9 Å². The minimum Gasteiger partial charge on any atom is -0.359 e. The molecule has 7 aliphatic carbocycles. The largest absolute Gasteiger partial charge is 0.359 e. The zero-order valence-electron chi connectivity index (χ0n) is 55.0. The summed E-state index contributed by atoms with van der Waals surface area (Å²) in [5.74, 6) is 9.84. The Kier molecular flexibility index (Phi) is 40.0. The van der Waals surface area contributed by atoms with Gasteiger partial charge in [-0.1, -0.05) is 48.5 Å². The molecule has 0 saturated heterocycles. The second-order valence-electron chi connectivity index (χ2n) is 26.8. The first-order chi connectivity index (χ1) is 38.4. The minimum absolute atomic E-state index is 0.233. The van der Waals surface area contributed by atoms with Gasteiger partial charge in [0.05, 0.1) is 0 Å². The van der Waals surface area contributed by atoms with Crippen molar-refractivity contribution in [1.82, 2.24) is 36.4 Å². The van der Waals surface area contributed by atoms with E-state index in [-0.39, 0.29) is 29.5 Å². The van der Waals surface area contributed by atoms with Gasteiger partial charge in [0.2, 0.25) is 41.4 Å². The zero-order valence-corrected chi connectivity index (χ0v) is 55.0. The predicted octanol–water partition coefficient (Wildman–Crippen LogP) is 12.4. The first-order valence-electron chi connectivity index (χ1n) is 33.0. The van der Waals surface area contributed by atoms with E-state index in [0.29, 0.717) is 53.2 Å². The van der Waals surface area contributed by atoms with Crippen LogP contribution in [0, 0.1) is 82.9 Å². The fraction of sp³-hybridized carbons (Fsp3) is 0.896. The van der Waals surface area contributed by atoms with Crippen molar-refractivity contribution in [3.63, 3.8) is 0 Å². The molecule has 0 unspecified atom stereocenters. The Morgan fingerprint density at radius 1 is 0.272 bits per heavy atom. The van der Waals surface area contributed by atoms with Crippen molar-refractivity contribution < 1.29 is 33.6 Å². The van der Waals surface area contributed by atoms with Gasteiger partial charge < -0.3 is 36.4 Å². The van der Waals surface area contributed by atoms with Gasteiger partial charge in [-0.2, -0.15) is 0 Å². The molecule has 81 heavy (non-hydrogen) atoms. The van der Waals surface area contributed by atoms with Crippen molar-refractivity contribution in [2.45, 2.75) is 242 Å². The van der Waals surface area contributed by atoms with Gasteiger partial charge in [-0.15, -0.1) is 0 Å². The molecule has 0 atom stereocenters. The monoisotopic (exact) mass is 1140 g/mol. The van der Waals surface area contributed by atoms with Crippen LogP contribution in [-0.4, -0.2) is 114 Å². The zero-order chi connectivity index (χ0) is 61.0. The van der Waals surface area contributed by atoms with Crippen LogP contribution in [0.15, 0.2) is 0 Å². The van der Waals surface area contributed by atoms with Crippen LogP contribution >= 0.6 is 0 Å². The van der Waals surface area contributed by atoms with E-state index in [1.807, 2.05) is 42.0 Å². The van der Waals surface area contributed by atoms with E-state index in [9.17, 15) is 33.6 Å². The molecule has 0 heterocycles. The van der Waals surface area contributed by atoms with Crippen molar-refractivity contribution in [2.75, 3.05) is 62.4 Å². The molecule has 14 heteroatoms. The van der Waals surface area contributed by atoms with Gasteiger partial charge in [0.1, 0.15) is 0 Å². The summed E-state index contributed by atoms with van der Waals surface area (Å²) in [7, 11) is 12.6. The molecule has 14 nitrogen and oxygen atoms in total. The van der Waals surface area contributed by atoms with Crippen LogP contribution in [0.4, 0.5) is 0 Å². The van der Waals surface area contributed by atoms with Crippen molar-refractivity contribution >= 4 is 41.4 Å². The molecule has 0 aromatic carbocycles.